The van der Waals surface area contributed by atoms with Gasteiger partial charge in [0.25, 0.3) is 0 Å². The summed E-state index contributed by atoms with van der Waals surface area (Å²) in [7, 11) is 0. The van der Waals surface area contributed by atoms with Crippen LogP contribution >= 0.6 is 11.3 Å². The van der Waals surface area contributed by atoms with Crippen LogP contribution in [0, 0.1) is 0 Å². The number of ether oxygens (including phenoxy) is 1. The van der Waals surface area contributed by atoms with E-state index in [4.69, 9.17) is 4.74 Å². The highest BCUT2D eigenvalue weighted by Crippen LogP contribution is 2.29. The SMILES string of the molecule is CCCc1cc(C(=O)OCc2csc(N(C(C)=O)c3ccc(CC)cc3)n2)n[nH]1. The van der Waals surface area contributed by atoms with Crippen molar-refractivity contribution in [3.63, 3.8) is 0 Å². The molecule has 0 bridgehead atoms. The van der Waals surface area contributed by atoms with Crippen LogP contribution in [0.3, 0.4) is 0 Å². The Hall–Kier alpha value is -3.00. The fraction of sp³-hybridized carbons (Fsp3) is 0.333. The molecule has 0 radical (unpaired) electrons. The maximum atomic E-state index is 12.2. The van der Waals surface area contributed by atoms with Crippen molar-refractivity contribution < 1.29 is 14.3 Å². The fourth-order valence-corrected chi connectivity index (χ4v) is 3.72. The van der Waals surface area contributed by atoms with Crippen molar-refractivity contribution in [1.29, 1.82) is 0 Å². The molecule has 1 aromatic carbocycles. The summed E-state index contributed by atoms with van der Waals surface area (Å²) in [6, 6.07) is 9.52. The molecule has 29 heavy (non-hydrogen) atoms. The summed E-state index contributed by atoms with van der Waals surface area (Å²) in [5.41, 5.74) is 3.70. The number of hydrogen-bond acceptors (Lipinski definition) is 6. The second-order valence-corrected chi connectivity index (χ2v) is 7.44. The Kier molecular flexibility index (Phi) is 6.77. The molecule has 0 saturated heterocycles. The van der Waals surface area contributed by atoms with Gasteiger partial charge in [-0.2, -0.15) is 5.10 Å². The Morgan fingerprint density at radius 3 is 2.62 bits per heavy atom. The van der Waals surface area contributed by atoms with Crippen LogP contribution in [0.15, 0.2) is 35.7 Å². The zero-order valence-electron chi connectivity index (χ0n) is 16.8. The highest BCUT2D eigenvalue weighted by molar-refractivity contribution is 7.14. The van der Waals surface area contributed by atoms with Crippen LogP contribution < -0.4 is 4.90 Å². The maximum absolute atomic E-state index is 12.2. The Morgan fingerprint density at radius 2 is 1.97 bits per heavy atom. The number of anilines is 2. The van der Waals surface area contributed by atoms with Crippen molar-refractivity contribution in [2.75, 3.05) is 4.90 Å². The topological polar surface area (TPSA) is 88.2 Å². The number of aryl methyl sites for hydroxylation is 2. The highest BCUT2D eigenvalue weighted by Gasteiger charge is 2.19. The van der Waals surface area contributed by atoms with Crippen LogP contribution in [0.5, 0.6) is 0 Å². The van der Waals surface area contributed by atoms with Gasteiger partial charge in [0, 0.05) is 18.0 Å². The summed E-state index contributed by atoms with van der Waals surface area (Å²) in [6.45, 7) is 5.66. The molecule has 8 heteroatoms. The van der Waals surface area contributed by atoms with Crippen molar-refractivity contribution in [3.05, 3.63) is 58.4 Å². The van der Waals surface area contributed by atoms with Gasteiger partial charge in [0.15, 0.2) is 10.8 Å². The number of hydrogen-bond donors (Lipinski definition) is 1. The van der Waals surface area contributed by atoms with Crippen LogP contribution in [-0.4, -0.2) is 27.1 Å². The predicted octanol–water partition coefficient (Wildman–Crippen LogP) is 4.42. The molecule has 0 aliphatic rings. The summed E-state index contributed by atoms with van der Waals surface area (Å²) in [5.74, 6) is -0.635. The van der Waals surface area contributed by atoms with Crippen LogP contribution in [0.4, 0.5) is 10.8 Å². The molecule has 0 spiro atoms. The molecular weight excluding hydrogens is 388 g/mol. The van der Waals surface area contributed by atoms with E-state index in [2.05, 4.69) is 29.0 Å². The Bertz CT molecular complexity index is 978. The molecule has 0 atom stereocenters. The smallest absolute Gasteiger partial charge is 0.359 e. The minimum absolute atomic E-state index is 0.0197. The van der Waals surface area contributed by atoms with E-state index in [-0.39, 0.29) is 18.2 Å². The molecule has 3 aromatic rings. The lowest BCUT2D eigenvalue weighted by atomic mass is 10.1. The Balaban J connectivity index is 1.67. The minimum atomic E-state index is -0.503. The van der Waals surface area contributed by atoms with Crippen LogP contribution in [0.1, 0.15) is 54.6 Å². The number of aromatic nitrogens is 3. The fourth-order valence-electron chi connectivity index (χ4n) is 2.85. The van der Waals surface area contributed by atoms with Gasteiger partial charge in [-0.15, -0.1) is 11.3 Å². The van der Waals surface area contributed by atoms with Gasteiger partial charge in [0.05, 0.1) is 11.4 Å². The summed E-state index contributed by atoms with van der Waals surface area (Å²) < 4.78 is 5.31. The van der Waals surface area contributed by atoms with Gasteiger partial charge in [-0.1, -0.05) is 32.4 Å². The molecule has 1 N–H and O–H groups in total. The van der Waals surface area contributed by atoms with Crippen molar-refractivity contribution in [3.8, 4) is 0 Å². The number of carbonyl (C=O) groups excluding carboxylic acids is 2. The third kappa shape index (κ3) is 5.08. The lowest BCUT2D eigenvalue weighted by molar-refractivity contribution is -0.115. The molecule has 0 aliphatic carbocycles. The number of aromatic amines is 1. The molecule has 0 unspecified atom stereocenters. The molecule has 7 nitrogen and oxygen atoms in total. The molecule has 3 rings (SSSR count). The number of nitrogens with one attached hydrogen (secondary N) is 1. The monoisotopic (exact) mass is 412 g/mol. The lowest BCUT2D eigenvalue weighted by Crippen LogP contribution is -2.22. The second-order valence-electron chi connectivity index (χ2n) is 6.60. The summed E-state index contributed by atoms with van der Waals surface area (Å²) in [6.07, 6.45) is 2.73. The number of carbonyl (C=O) groups is 2. The zero-order valence-corrected chi connectivity index (χ0v) is 17.6. The molecule has 0 saturated carbocycles. The van der Waals surface area contributed by atoms with Crippen molar-refractivity contribution >= 4 is 34.0 Å². The minimum Gasteiger partial charge on any atom is -0.454 e. The number of thiazole rings is 1. The molecule has 1 amide bonds. The normalized spacial score (nSPS) is 10.7. The molecule has 2 heterocycles. The molecule has 0 fully saturated rings. The first kappa shape index (κ1) is 20.7. The highest BCUT2D eigenvalue weighted by atomic mass is 32.1. The van der Waals surface area contributed by atoms with Gasteiger partial charge < -0.3 is 4.74 Å². The average Bonchev–Trinajstić information content (AvgIpc) is 3.37. The van der Waals surface area contributed by atoms with Crippen molar-refractivity contribution in [2.24, 2.45) is 0 Å². The van der Waals surface area contributed by atoms with Crippen molar-refractivity contribution in [1.82, 2.24) is 15.2 Å². The standard InChI is InChI=1S/C21H24N4O3S/c1-4-6-16-11-19(24-23-16)20(27)28-12-17-13-29-21(22-17)25(14(3)26)18-9-7-15(5-2)8-10-18/h7-11,13H,4-6,12H2,1-3H3,(H,23,24). The Labute approximate surface area is 173 Å². The molecule has 152 valence electrons. The third-order valence-electron chi connectivity index (χ3n) is 4.36. The van der Waals surface area contributed by atoms with E-state index in [0.29, 0.717) is 10.8 Å². The zero-order chi connectivity index (χ0) is 20.8. The third-order valence-corrected chi connectivity index (χ3v) is 5.23. The van der Waals surface area contributed by atoms with E-state index in [0.717, 1.165) is 30.6 Å². The summed E-state index contributed by atoms with van der Waals surface area (Å²) in [5, 5.41) is 9.15. The molecule has 2 aromatic heterocycles. The summed E-state index contributed by atoms with van der Waals surface area (Å²) >= 11 is 1.33. The predicted molar refractivity (Wildman–Crippen MR) is 112 cm³/mol. The first-order valence-electron chi connectivity index (χ1n) is 9.57. The lowest BCUT2D eigenvalue weighted by Gasteiger charge is -2.18. The molecule has 0 aliphatic heterocycles. The first-order valence-corrected chi connectivity index (χ1v) is 10.4. The van der Waals surface area contributed by atoms with Gasteiger partial charge in [0.1, 0.15) is 6.61 Å². The number of nitrogens with zero attached hydrogens (tertiary/aromatic N) is 3. The molecular formula is C21H24N4O3S. The Morgan fingerprint density at radius 1 is 1.21 bits per heavy atom. The average molecular weight is 413 g/mol. The van der Waals surface area contributed by atoms with Crippen molar-refractivity contribution in [2.45, 2.75) is 46.6 Å². The van der Waals surface area contributed by atoms with Gasteiger partial charge in [-0.3, -0.25) is 14.8 Å². The van der Waals surface area contributed by atoms with E-state index in [1.165, 1.54) is 23.8 Å². The summed E-state index contributed by atoms with van der Waals surface area (Å²) in [4.78, 5) is 30.4. The van der Waals surface area contributed by atoms with E-state index >= 15 is 0 Å². The second kappa shape index (κ2) is 9.47. The van der Waals surface area contributed by atoms with Gasteiger partial charge >= 0.3 is 5.97 Å². The van der Waals surface area contributed by atoms with E-state index in [9.17, 15) is 9.59 Å². The van der Waals surface area contributed by atoms with Gasteiger partial charge in [-0.25, -0.2) is 9.78 Å². The van der Waals surface area contributed by atoms with E-state index in [1.54, 1.807) is 16.3 Å². The number of benzene rings is 1. The maximum Gasteiger partial charge on any atom is 0.359 e. The van der Waals surface area contributed by atoms with Gasteiger partial charge in [0.2, 0.25) is 5.91 Å². The van der Waals surface area contributed by atoms with Crippen LogP contribution in [0.25, 0.3) is 0 Å². The first-order chi connectivity index (χ1) is 14.0. The number of esters is 1. The number of amides is 1. The number of rotatable bonds is 8. The van der Waals surface area contributed by atoms with E-state index < -0.39 is 5.97 Å². The largest absolute Gasteiger partial charge is 0.454 e. The van der Waals surface area contributed by atoms with Crippen LogP contribution in [-0.2, 0) is 29.0 Å². The van der Waals surface area contributed by atoms with Crippen LogP contribution in [0.2, 0.25) is 0 Å². The quantitative estimate of drug-likeness (QED) is 0.553. The van der Waals surface area contributed by atoms with Gasteiger partial charge in [-0.05, 0) is 36.6 Å². The van der Waals surface area contributed by atoms with E-state index in [1.807, 2.05) is 24.3 Å². The number of H-pyrrole nitrogens is 1.